The average molecular weight is 614 g/mol. The van der Waals surface area contributed by atoms with Crippen LogP contribution in [0.5, 0.6) is 5.75 Å². The van der Waals surface area contributed by atoms with Crippen LogP contribution in [0.15, 0.2) is 84.9 Å². The molecule has 0 heterocycles. The molecule has 3 aromatic rings. The Labute approximate surface area is 264 Å². The second-order valence-corrected chi connectivity index (χ2v) is 11.8. The van der Waals surface area contributed by atoms with E-state index in [4.69, 9.17) is 11.5 Å². The van der Waals surface area contributed by atoms with Gasteiger partial charge >= 0.3 is 0 Å². The van der Waals surface area contributed by atoms with Crippen molar-refractivity contribution < 1.29 is 24.3 Å². The van der Waals surface area contributed by atoms with Crippen molar-refractivity contribution in [3.8, 4) is 5.75 Å². The summed E-state index contributed by atoms with van der Waals surface area (Å²) in [4.78, 5) is 53.1. The van der Waals surface area contributed by atoms with Crippen LogP contribution in [0.1, 0.15) is 55.2 Å². The lowest BCUT2D eigenvalue weighted by Gasteiger charge is -2.33. The van der Waals surface area contributed by atoms with Crippen LogP contribution in [0.4, 0.5) is 0 Å². The van der Waals surface area contributed by atoms with E-state index >= 15 is 0 Å². The van der Waals surface area contributed by atoms with E-state index in [1.807, 2.05) is 67.6 Å². The lowest BCUT2D eigenvalue weighted by Crippen LogP contribution is -2.58. The third-order valence-corrected chi connectivity index (χ3v) is 8.50. The third-order valence-electron chi connectivity index (χ3n) is 8.50. The summed E-state index contributed by atoms with van der Waals surface area (Å²) < 4.78 is 0. The molecule has 4 rings (SSSR count). The maximum absolute atomic E-state index is 13.8. The van der Waals surface area contributed by atoms with E-state index in [0.717, 1.165) is 29.5 Å². The molecule has 238 valence electrons. The molecule has 0 bridgehead atoms. The Morgan fingerprint density at radius 2 is 1.40 bits per heavy atom. The molecule has 1 aliphatic carbocycles. The zero-order valence-corrected chi connectivity index (χ0v) is 25.5. The van der Waals surface area contributed by atoms with Crippen LogP contribution >= 0.6 is 0 Å². The summed E-state index contributed by atoms with van der Waals surface area (Å²) in [5.74, 6) is -2.76. The number of phenolic OH excluding ortho intramolecular Hbond substituents is 1. The lowest BCUT2D eigenvalue weighted by molar-refractivity contribution is -0.134. The first kappa shape index (κ1) is 33.2. The number of benzene rings is 3. The van der Waals surface area contributed by atoms with Crippen molar-refractivity contribution in [3.05, 3.63) is 102 Å². The van der Waals surface area contributed by atoms with Gasteiger partial charge in [-0.2, -0.15) is 0 Å². The van der Waals surface area contributed by atoms with Crippen molar-refractivity contribution in [1.29, 1.82) is 0 Å². The highest BCUT2D eigenvalue weighted by atomic mass is 16.3. The first-order valence-corrected chi connectivity index (χ1v) is 15.4. The largest absolute Gasteiger partial charge is 0.508 e. The Bertz CT molecular complexity index is 1430. The van der Waals surface area contributed by atoms with Crippen LogP contribution in [0.2, 0.25) is 0 Å². The van der Waals surface area contributed by atoms with Gasteiger partial charge in [0.05, 0.1) is 12.0 Å². The number of hydrogen-bond acceptors (Lipinski definition) is 6. The molecule has 1 aliphatic rings. The molecule has 1 fully saturated rings. The molecule has 6 atom stereocenters. The quantitative estimate of drug-likeness (QED) is 0.173. The fourth-order valence-electron chi connectivity index (χ4n) is 5.87. The summed E-state index contributed by atoms with van der Waals surface area (Å²) in [6, 6.07) is 21.8. The van der Waals surface area contributed by atoms with Crippen molar-refractivity contribution in [2.75, 3.05) is 0 Å². The van der Waals surface area contributed by atoms with Crippen LogP contribution in [-0.4, -0.2) is 52.9 Å². The summed E-state index contributed by atoms with van der Waals surface area (Å²) in [5.41, 5.74) is 14.4. The molecule has 0 spiro atoms. The topological polar surface area (TPSA) is 177 Å². The van der Waals surface area contributed by atoms with Gasteiger partial charge in [0.1, 0.15) is 17.8 Å². The lowest BCUT2D eigenvalue weighted by atomic mass is 9.83. The second-order valence-electron chi connectivity index (χ2n) is 11.8. The Kier molecular flexibility index (Phi) is 11.7. The Morgan fingerprint density at radius 1 is 0.800 bits per heavy atom. The standard InChI is InChI=1S/C35H43N5O5/c1-22(25-12-6-3-7-13-25)31(32(37)42)40-35(45)30(21-23-10-4-2-5-11-23)39-33(43)27-14-8-9-15-29(27)38-34(44)28(36)20-24-16-18-26(41)19-17-24/h2-7,10-13,16-19,22,27-31,41H,8-9,14-15,20-21,36H2,1H3,(H2,37,42)(H,38,44)(H,39,43)(H,40,45)/t22-,27-,28-,29+,30-,31-/m0/s1. The van der Waals surface area contributed by atoms with E-state index in [1.54, 1.807) is 12.1 Å². The number of nitrogens with two attached hydrogens (primary N) is 2. The van der Waals surface area contributed by atoms with Gasteiger partial charge in [-0.15, -0.1) is 0 Å². The van der Waals surface area contributed by atoms with Crippen LogP contribution < -0.4 is 27.4 Å². The summed E-state index contributed by atoms with van der Waals surface area (Å²) >= 11 is 0. The van der Waals surface area contributed by atoms with Crippen LogP contribution in [-0.2, 0) is 32.0 Å². The van der Waals surface area contributed by atoms with Gasteiger partial charge in [-0.25, -0.2) is 0 Å². The minimum absolute atomic E-state index is 0.128. The van der Waals surface area contributed by atoms with Crippen molar-refractivity contribution >= 4 is 23.6 Å². The SMILES string of the molecule is C[C@@H](c1ccccc1)[C@H](NC(=O)[C@H](Cc1ccccc1)NC(=O)[C@H]1CCCC[C@H]1NC(=O)[C@@H](N)Cc1ccc(O)cc1)C(N)=O. The van der Waals surface area contributed by atoms with Crippen LogP contribution in [0.25, 0.3) is 0 Å². The number of primary amides is 1. The first-order valence-electron chi connectivity index (χ1n) is 15.4. The van der Waals surface area contributed by atoms with E-state index in [1.165, 1.54) is 12.1 Å². The molecule has 0 aliphatic heterocycles. The fourth-order valence-corrected chi connectivity index (χ4v) is 5.87. The molecule has 0 saturated heterocycles. The number of carbonyl (C=O) groups is 4. The molecule has 0 unspecified atom stereocenters. The van der Waals surface area contributed by atoms with E-state index in [0.29, 0.717) is 12.8 Å². The predicted molar refractivity (Wildman–Crippen MR) is 172 cm³/mol. The van der Waals surface area contributed by atoms with Gasteiger partial charge in [0.15, 0.2) is 0 Å². The molecule has 10 heteroatoms. The summed E-state index contributed by atoms with van der Waals surface area (Å²) in [5, 5.41) is 18.2. The van der Waals surface area contributed by atoms with E-state index in [9.17, 15) is 24.3 Å². The average Bonchev–Trinajstić information content (AvgIpc) is 3.04. The van der Waals surface area contributed by atoms with Crippen molar-refractivity contribution in [2.24, 2.45) is 17.4 Å². The molecule has 10 nitrogen and oxygen atoms in total. The summed E-state index contributed by atoms with van der Waals surface area (Å²) in [7, 11) is 0. The maximum Gasteiger partial charge on any atom is 0.243 e. The van der Waals surface area contributed by atoms with Crippen LogP contribution in [0, 0.1) is 5.92 Å². The molecule has 4 amide bonds. The molecule has 45 heavy (non-hydrogen) atoms. The van der Waals surface area contributed by atoms with Crippen molar-refractivity contribution in [2.45, 2.75) is 75.5 Å². The van der Waals surface area contributed by atoms with Crippen LogP contribution in [0.3, 0.4) is 0 Å². The zero-order chi connectivity index (χ0) is 32.3. The number of nitrogens with one attached hydrogen (secondary N) is 3. The Morgan fingerprint density at radius 3 is 2.04 bits per heavy atom. The highest BCUT2D eigenvalue weighted by Crippen LogP contribution is 2.26. The van der Waals surface area contributed by atoms with E-state index < -0.39 is 47.8 Å². The highest BCUT2D eigenvalue weighted by Gasteiger charge is 2.36. The number of phenols is 1. The first-order chi connectivity index (χ1) is 21.6. The molecule has 0 radical (unpaired) electrons. The minimum atomic E-state index is -0.994. The maximum atomic E-state index is 13.8. The number of carbonyl (C=O) groups excluding carboxylic acids is 4. The van der Waals surface area contributed by atoms with Gasteiger partial charge in [-0.1, -0.05) is 92.6 Å². The van der Waals surface area contributed by atoms with Gasteiger partial charge in [-0.05, 0) is 48.1 Å². The summed E-state index contributed by atoms with van der Waals surface area (Å²) in [6.45, 7) is 1.82. The van der Waals surface area contributed by atoms with Gasteiger partial charge in [0.25, 0.3) is 0 Å². The van der Waals surface area contributed by atoms with Gasteiger partial charge < -0.3 is 32.5 Å². The van der Waals surface area contributed by atoms with E-state index in [-0.39, 0.29) is 30.4 Å². The molecular weight excluding hydrogens is 570 g/mol. The number of rotatable bonds is 13. The third kappa shape index (κ3) is 9.39. The van der Waals surface area contributed by atoms with Crippen molar-refractivity contribution in [3.63, 3.8) is 0 Å². The van der Waals surface area contributed by atoms with Gasteiger partial charge in [-0.3, -0.25) is 19.2 Å². The fraction of sp³-hybridized carbons (Fsp3) is 0.371. The molecule has 8 N–H and O–H groups in total. The normalized spacial score (nSPS) is 18.9. The van der Waals surface area contributed by atoms with Gasteiger partial charge in [0, 0.05) is 18.4 Å². The molecule has 3 aromatic carbocycles. The minimum Gasteiger partial charge on any atom is -0.508 e. The monoisotopic (exact) mass is 613 g/mol. The number of amides is 4. The molecule has 1 saturated carbocycles. The molecule has 0 aromatic heterocycles. The Hall–Kier alpha value is -4.70. The zero-order valence-electron chi connectivity index (χ0n) is 25.5. The predicted octanol–water partition coefficient (Wildman–Crippen LogP) is 2.44. The molecular formula is C35H43N5O5. The smallest absolute Gasteiger partial charge is 0.243 e. The number of hydrogen-bond donors (Lipinski definition) is 6. The highest BCUT2D eigenvalue weighted by molar-refractivity contribution is 5.93. The number of aromatic hydroxyl groups is 1. The van der Waals surface area contributed by atoms with Crippen molar-refractivity contribution in [1.82, 2.24) is 16.0 Å². The van der Waals surface area contributed by atoms with E-state index in [2.05, 4.69) is 16.0 Å². The Balaban J connectivity index is 1.47. The summed E-state index contributed by atoms with van der Waals surface area (Å²) in [6.07, 6.45) is 3.26. The van der Waals surface area contributed by atoms with Gasteiger partial charge in [0.2, 0.25) is 23.6 Å². The second kappa shape index (κ2) is 15.9.